The van der Waals surface area contributed by atoms with Gasteiger partial charge in [-0.15, -0.1) is 0 Å². The highest BCUT2D eigenvalue weighted by molar-refractivity contribution is 7.85. The van der Waals surface area contributed by atoms with Gasteiger partial charge in [0.05, 0.1) is 25.1 Å². The molecule has 0 amide bonds. The third kappa shape index (κ3) is 13.5. The summed E-state index contributed by atoms with van der Waals surface area (Å²) < 4.78 is 52.8. The van der Waals surface area contributed by atoms with Gasteiger partial charge in [-0.2, -0.15) is 8.42 Å². The standard InChI is InChI=1S/C19H38O7S/c1-3-4-5-6-7-8-9-12-23-16-18-11-14-25-19(2,26-18)17-24-13-10-15-27(20,21)22/h18H,3-17H2,1-2H3,(H,20,21,22). The Balaban J connectivity index is 2.07. The van der Waals surface area contributed by atoms with Crippen molar-refractivity contribution in [3.63, 3.8) is 0 Å². The molecule has 0 spiro atoms. The molecule has 27 heavy (non-hydrogen) atoms. The zero-order valence-corrected chi connectivity index (χ0v) is 17.8. The summed E-state index contributed by atoms with van der Waals surface area (Å²) in [5, 5.41) is 0. The Morgan fingerprint density at radius 1 is 1.04 bits per heavy atom. The van der Waals surface area contributed by atoms with Gasteiger partial charge < -0.3 is 18.9 Å². The lowest BCUT2D eigenvalue weighted by atomic mass is 10.1. The van der Waals surface area contributed by atoms with Crippen LogP contribution < -0.4 is 0 Å². The molecule has 0 bridgehead atoms. The van der Waals surface area contributed by atoms with Crippen LogP contribution >= 0.6 is 0 Å². The van der Waals surface area contributed by atoms with E-state index in [2.05, 4.69) is 6.92 Å². The summed E-state index contributed by atoms with van der Waals surface area (Å²) in [6.07, 6.45) is 9.86. The van der Waals surface area contributed by atoms with E-state index in [0.29, 0.717) is 13.2 Å². The summed E-state index contributed by atoms with van der Waals surface area (Å²) in [5.74, 6) is -1.15. The fourth-order valence-corrected chi connectivity index (χ4v) is 3.50. The van der Waals surface area contributed by atoms with E-state index in [1.165, 1.54) is 38.5 Å². The Bertz CT molecular complexity index is 469. The van der Waals surface area contributed by atoms with Gasteiger partial charge >= 0.3 is 0 Å². The van der Waals surface area contributed by atoms with Crippen molar-refractivity contribution in [3.8, 4) is 0 Å². The van der Waals surface area contributed by atoms with Crippen molar-refractivity contribution in [2.24, 2.45) is 0 Å². The van der Waals surface area contributed by atoms with Gasteiger partial charge in [-0.1, -0.05) is 45.4 Å². The van der Waals surface area contributed by atoms with Crippen molar-refractivity contribution in [3.05, 3.63) is 0 Å². The molecule has 1 saturated heterocycles. The van der Waals surface area contributed by atoms with E-state index in [4.69, 9.17) is 23.5 Å². The van der Waals surface area contributed by atoms with Crippen LogP contribution in [-0.4, -0.2) is 63.6 Å². The fourth-order valence-electron chi connectivity index (χ4n) is 3.02. The van der Waals surface area contributed by atoms with Crippen molar-refractivity contribution in [1.29, 1.82) is 0 Å². The van der Waals surface area contributed by atoms with E-state index in [-0.39, 0.29) is 31.5 Å². The molecular weight excluding hydrogens is 372 g/mol. The molecule has 0 saturated carbocycles. The molecule has 0 aromatic rings. The predicted octanol–water partition coefficient (Wildman–Crippen LogP) is 3.57. The van der Waals surface area contributed by atoms with Crippen LogP contribution in [-0.2, 0) is 29.1 Å². The molecule has 7 nitrogen and oxygen atoms in total. The predicted molar refractivity (Wildman–Crippen MR) is 105 cm³/mol. The van der Waals surface area contributed by atoms with Crippen molar-refractivity contribution < 1.29 is 31.9 Å². The maximum Gasteiger partial charge on any atom is 0.264 e. The lowest BCUT2D eigenvalue weighted by Crippen LogP contribution is -2.47. The van der Waals surface area contributed by atoms with E-state index in [9.17, 15) is 8.42 Å². The van der Waals surface area contributed by atoms with Crippen LogP contribution in [0.2, 0.25) is 0 Å². The first-order valence-corrected chi connectivity index (χ1v) is 11.9. The molecule has 1 fully saturated rings. The summed E-state index contributed by atoms with van der Waals surface area (Å²) in [6, 6.07) is 0. The lowest BCUT2D eigenvalue weighted by Gasteiger charge is -2.38. The van der Waals surface area contributed by atoms with Crippen LogP contribution in [0.4, 0.5) is 0 Å². The summed E-state index contributed by atoms with van der Waals surface area (Å²) >= 11 is 0. The Morgan fingerprint density at radius 3 is 2.41 bits per heavy atom. The maximum atomic E-state index is 10.7. The van der Waals surface area contributed by atoms with E-state index < -0.39 is 15.9 Å². The van der Waals surface area contributed by atoms with E-state index in [0.717, 1.165) is 19.4 Å². The second-order valence-corrected chi connectivity index (χ2v) is 8.97. The Hall–Kier alpha value is -0.250. The van der Waals surface area contributed by atoms with Gasteiger partial charge in [-0.05, 0) is 26.2 Å². The largest absolute Gasteiger partial charge is 0.379 e. The quantitative estimate of drug-likeness (QED) is 0.307. The monoisotopic (exact) mass is 410 g/mol. The summed E-state index contributed by atoms with van der Waals surface area (Å²) in [7, 11) is -3.94. The minimum Gasteiger partial charge on any atom is -0.379 e. The molecule has 1 heterocycles. The minimum atomic E-state index is -3.94. The SMILES string of the molecule is CCCCCCCCCOCC1CCOC(C)(COCCCS(=O)(=O)O)O1. The second-order valence-electron chi connectivity index (χ2n) is 7.40. The number of hydrogen-bond acceptors (Lipinski definition) is 6. The Morgan fingerprint density at radius 2 is 1.70 bits per heavy atom. The van der Waals surface area contributed by atoms with Crippen molar-refractivity contribution in [1.82, 2.24) is 0 Å². The van der Waals surface area contributed by atoms with Gasteiger partial charge in [0.2, 0.25) is 0 Å². The first-order valence-electron chi connectivity index (χ1n) is 10.3. The molecule has 1 rings (SSSR count). The summed E-state index contributed by atoms with van der Waals surface area (Å²) in [5.41, 5.74) is 0. The molecule has 0 aromatic carbocycles. The van der Waals surface area contributed by atoms with E-state index >= 15 is 0 Å². The molecule has 1 aliphatic rings. The molecule has 0 aromatic heterocycles. The fraction of sp³-hybridized carbons (Fsp3) is 1.00. The van der Waals surface area contributed by atoms with Crippen LogP contribution in [0.3, 0.4) is 0 Å². The highest BCUT2D eigenvalue weighted by Crippen LogP contribution is 2.23. The van der Waals surface area contributed by atoms with Gasteiger partial charge in [0.15, 0.2) is 5.79 Å². The van der Waals surface area contributed by atoms with Crippen LogP contribution in [0.5, 0.6) is 0 Å². The number of rotatable bonds is 16. The zero-order chi connectivity index (χ0) is 20.0. The van der Waals surface area contributed by atoms with Crippen LogP contribution in [0.25, 0.3) is 0 Å². The van der Waals surface area contributed by atoms with Gasteiger partial charge in [0.25, 0.3) is 10.1 Å². The minimum absolute atomic E-state index is 0.0188. The summed E-state index contributed by atoms with van der Waals surface area (Å²) in [4.78, 5) is 0. The molecule has 8 heteroatoms. The first kappa shape index (κ1) is 24.8. The average Bonchev–Trinajstić information content (AvgIpc) is 2.59. The molecule has 2 atom stereocenters. The highest BCUT2D eigenvalue weighted by Gasteiger charge is 2.34. The molecule has 2 unspecified atom stereocenters. The van der Waals surface area contributed by atoms with Crippen LogP contribution in [0.1, 0.15) is 71.6 Å². The Kier molecular flexibility index (Phi) is 12.7. The van der Waals surface area contributed by atoms with Gasteiger partial charge in [0, 0.05) is 13.2 Å². The van der Waals surface area contributed by atoms with Crippen molar-refractivity contribution >= 4 is 10.1 Å². The van der Waals surface area contributed by atoms with Gasteiger partial charge in [0.1, 0.15) is 6.61 Å². The van der Waals surface area contributed by atoms with E-state index in [1.807, 2.05) is 6.92 Å². The van der Waals surface area contributed by atoms with Crippen molar-refractivity contribution in [2.75, 3.05) is 38.8 Å². The van der Waals surface area contributed by atoms with Crippen molar-refractivity contribution in [2.45, 2.75) is 83.5 Å². The molecule has 1 N–H and O–H groups in total. The third-order valence-corrected chi connectivity index (χ3v) is 5.32. The normalized spacial score (nSPS) is 23.6. The Labute approximate surface area is 164 Å². The number of unbranched alkanes of at least 4 members (excludes halogenated alkanes) is 6. The van der Waals surface area contributed by atoms with Gasteiger partial charge in [-0.25, -0.2) is 0 Å². The van der Waals surface area contributed by atoms with Crippen LogP contribution in [0, 0.1) is 0 Å². The number of ether oxygens (including phenoxy) is 4. The maximum absolute atomic E-state index is 10.7. The first-order chi connectivity index (χ1) is 12.8. The molecular formula is C19H38O7S. The van der Waals surface area contributed by atoms with Gasteiger partial charge in [-0.3, -0.25) is 4.55 Å². The summed E-state index contributed by atoms with van der Waals surface area (Å²) in [6.45, 7) is 6.38. The molecule has 1 aliphatic heterocycles. The smallest absolute Gasteiger partial charge is 0.264 e. The molecule has 162 valence electrons. The highest BCUT2D eigenvalue weighted by atomic mass is 32.2. The van der Waals surface area contributed by atoms with E-state index in [1.54, 1.807) is 0 Å². The third-order valence-electron chi connectivity index (χ3n) is 4.51. The topological polar surface area (TPSA) is 91.3 Å². The van der Waals surface area contributed by atoms with Crippen LogP contribution in [0.15, 0.2) is 0 Å². The second kappa shape index (κ2) is 13.8. The lowest BCUT2D eigenvalue weighted by molar-refractivity contribution is -0.306. The number of hydrogen-bond donors (Lipinski definition) is 1. The average molecular weight is 411 g/mol. The molecule has 0 radical (unpaired) electrons. The molecule has 0 aliphatic carbocycles. The zero-order valence-electron chi connectivity index (χ0n) is 17.0.